The smallest absolute Gasteiger partial charge is 0.0754 e. The van der Waals surface area contributed by atoms with Crippen LogP contribution < -0.4 is 0 Å². The maximum absolute atomic E-state index is 8.35. The number of nitrogens with zero attached hydrogens (tertiary/aromatic N) is 2. The van der Waals surface area contributed by atoms with Gasteiger partial charge in [-0.1, -0.05) is 11.6 Å². The van der Waals surface area contributed by atoms with Crippen LogP contribution in [0.1, 0.15) is 0 Å². The Morgan fingerprint density at radius 3 is 2.70 bits per heavy atom. The van der Waals surface area contributed by atoms with Crippen LogP contribution in [0.25, 0.3) is 4.98 Å². The monoisotopic (exact) mass is 265 g/mol. The van der Waals surface area contributed by atoms with Crippen LogP contribution in [0.2, 0.25) is 5.02 Å². The van der Waals surface area contributed by atoms with E-state index in [1.807, 2.05) is 6.07 Å². The molecule has 2 nitrogen and oxygen atoms in total. The molecule has 0 aliphatic carbocycles. The summed E-state index contributed by atoms with van der Waals surface area (Å²) in [5.74, 6) is 0. The maximum Gasteiger partial charge on any atom is 0.403 e. The molecule has 1 aromatic rings. The Bertz CT molecular complexity index is 292. The van der Waals surface area contributed by atoms with Gasteiger partial charge >= 0.3 is 5.69 Å². The van der Waals surface area contributed by atoms with Gasteiger partial charge < -0.3 is 0 Å². The Morgan fingerprint density at radius 2 is 2.20 bits per heavy atom. The Morgan fingerprint density at radius 1 is 1.50 bits per heavy atom. The predicted molar refractivity (Wildman–Crippen MR) is 48.9 cm³/mol. The lowest BCUT2D eigenvalue weighted by Crippen LogP contribution is -1.69. The molecule has 0 spiro atoms. The van der Waals surface area contributed by atoms with Crippen LogP contribution in [0.15, 0.2) is 18.2 Å². The Balaban J connectivity index is 3.23. The lowest BCUT2D eigenvalue weighted by molar-refractivity contribution is 1.46. The van der Waals surface area contributed by atoms with Crippen LogP contribution >= 0.6 is 34.2 Å². The summed E-state index contributed by atoms with van der Waals surface area (Å²) in [5, 5.41) is 8.81. The lowest BCUT2D eigenvalue weighted by Gasteiger charge is -1.85. The summed E-state index contributed by atoms with van der Waals surface area (Å²) in [6.07, 6.45) is 0. The van der Waals surface area contributed by atoms with E-state index < -0.39 is 0 Å². The molecule has 0 saturated carbocycles. The summed E-state index contributed by atoms with van der Waals surface area (Å²) in [6, 6.07) is 5.21. The zero-order valence-corrected chi connectivity index (χ0v) is 7.80. The number of hydrogen-bond donors (Lipinski definition) is 0. The van der Waals surface area contributed by atoms with Crippen molar-refractivity contribution < 1.29 is 0 Å². The van der Waals surface area contributed by atoms with Crippen molar-refractivity contribution in [3.05, 3.63) is 31.8 Å². The van der Waals surface area contributed by atoms with E-state index in [2.05, 4.69) is 27.6 Å². The molecule has 0 N–H and O–H groups in total. The number of benzene rings is 1. The van der Waals surface area contributed by atoms with Crippen LogP contribution in [0.4, 0.5) is 5.69 Å². The molecule has 1 aromatic carbocycles. The van der Waals surface area contributed by atoms with Crippen molar-refractivity contribution in [2.24, 2.45) is 0 Å². The molecule has 0 unspecified atom stereocenters. The molecule has 0 fully saturated rings. The normalized spacial score (nSPS) is 8.90. The molecule has 4 heteroatoms. The molecule has 0 aliphatic heterocycles. The first-order valence-corrected chi connectivity index (χ1v) is 4.00. The van der Waals surface area contributed by atoms with Crippen molar-refractivity contribution in [2.45, 2.75) is 0 Å². The molecule has 0 saturated heterocycles. The third-order valence-corrected chi connectivity index (χ3v) is 1.99. The van der Waals surface area contributed by atoms with Crippen molar-refractivity contribution in [3.63, 3.8) is 0 Å². The molecule has 1 rings (SSSR count). The van der Waals surface area contributed by atoms with E-state index in [0.717, 1.165) is 3.57 Å². The molecule has 0 aliphatic rings. The van der Waals surface area contributed by atoms with E-state index in [4.69, 9.17) is 17.0 Å². The minimum absolute atomic E-state index is 0.405. The number of hydrogen-bond acceptors (Lipinski definition) is 1. The molecule has 50 valence electrons. The van der Waals surface area contributed by atoms with Gasteiger partial charge in [0, 0.05) is 9.64 Å². The van der Waals surface area contributed by atoms with Gasteiger partial charge in [0.05, 0.1) is 0 Å². The Hall–Kier alpha value is -0.340. The van der Waals surface area contributed by atoms with E-state index in [1.165, 1.54) is 0 Å². The van der Waals surface area contributed by atoms with Crippen LogP contribution in [0.3, 0.4) is 0 Å². The third kappa shape index (κ3) is 1.58. The zero-order chi connectivity index (χ0) is 7.56. The second-order valence-electron chi connectivity index (χ2n) is 1.70. The summed E-state index contributed by atoms with van der Waals surface area (Å²) in [4.78, 5) is 2.98. The van der Waals surface area contributed by atoms with Gasteiger partial charge in [0.2, 0.25) is 5.39 Å². The highest BCUT2D eigenvalue weighted by atomic mass is 127. The molecular weight excluding hydrogens is 262 g/mol. The molecule has 0 atom stereocenters. The van der Waals surface area contributed by atoms with Gasteiger partial charge in [-0.3, -0.25) is 0 Å². The van der Waals surface area contributed by atoms with E-state index in [1.54, 1.807) is 12.1 Å². The van der Waals surface area contributed by atoms with Gasteiger partial charge in [-0.25, -0.2) is 0 Å². The summed E-state index contributed by atoms with van der Waals surface area (Å²) >= 11 is 7.80. The lowest BCUT2D eigenvalue weighted by atomic mass is 10.3. The van der Waals surface area contributed by atoms with E-state index in [-0.39, 0.29) is 0 Å². The second kappa shape index (κ2) is 3.17. The van der Waals surface area contributed by atoms with E-state index >= 15 is 0 Å². The van der Waals surface area contributed by atoms with Gasteiger partial charge in [-0.05, 0) is 34.7 Å². The van der Waals surface area contributed by atoms with Crippen LogP contribution in [-0.4, -0.2) is 0 Å². The minimum Gasteiger partial charge on any atom is -0.0754 e. The van der Waals surface area contributed by atoms with Gasteiger partial charge in [0.25, 0.3) is 0 Å². The first kappa shape index (κ1) is 7.76. The zero-order valence-electron chi connectivity index (χ0n) is 4.88. The van der Waals surface area contributed by atoms with Crippen LogP contribution in [-0.2, 0) is 0 Å². The van der Waals surface area contributed by atoms with Gasteiger partial charge in [-0.2, -0.15) is 0 Å². The average Bonchev–Trinajstić information content (AvgIpc) is 1.88. The molecule has 0 bridgehead atoms. The van der Waals surface area contributed by atoms with Crippen molar-refractivity contribution in [1.29, 1.82) is 5.39 Å². The van der Waals surface area contributed by atoms with E-state index in [0.29, 0.717) is 10.7 Å². The molecule has 0 heterocycles. The second-order valence-corrected chi connectivity index (χ2v) is 3.35. The fourth-order valence-electron chi connectivity index (χ4n) is 0.562. The fourth-order valence-corrected chi connectivity index (χ4v) is 1.46. The van der Waals surface area contributed by atoms with Crippen molar-refractivity contribution >= 4 is 39.9 Å². The summed E-state index contributed by atoms with van der Waals surface area (Å²) in [5.41, 5.74) is 0.405. The highest BCUT2D eigenvalue weighted by molar-refractivity contribution is 14.1. The molecule has 0 amide bonds. The summed E-state index contributed by atoms with van der Waals surface area (Å²) in [7, 11) is 0. The largest absolute Gasteiger partial charge is 0.403 e. The van der Waals surface area contributed by atoms with Crippen molar-refractivity contribution in [2.75, 3.05) is 0 Å². The first-order chi connectivity index (χ1) is 4.74. The third-order valence-electron chi connectivity index (χ3n) is 1.02. The Kier molecular flexibility index (Phi) is 2.46. The van der Waals surface area contributed by atoms with Gasteiger partial charge in [0.15, 0.2) is 4.98 Å². The standard InChI is InChI=1S/C6H3ClIN2/c7-5-3-4(8)1-2-6(5)10-9/h1-3H/q+1. The minimum atomic E-state index is 0.405. The Labute approximate surface area is 77.0 Å². The van der Waals surface area contributed by atoms with Gasteiger partial charge in [-0.15, -0.1) is 0 Å². The van der Waals surface area contributed by atoms with E-state index in [9.17, 15) is 0 Å². The van der Waals surface area contributed by atoms with Crippen LogP contribution in [0.5, 0.6) is 0 Å². The summed E-state index contributed by atoms with van der Waals surface area (Å²) in [6.45, 7) is 0. The molecule has 10 heavy (non-hydrogen) atoms. The quantitative estimate of drug-likeness (QED) is 0.522. The number of rotatable bonds is 0. The molecule has 0 aromatic heterocycles. The van der Waals surface area contributed by atoms with Crippen molar-refractivity contribution in [3.8, 4) is 0 Å². The fraction of sp³-hybridized carbons (Fsp3) is 0. The molecular formula is C6H3ClIN2+. The first-order valence-electron chi connectivity index (χ1n) is 2.54. The predicted octanol–water partition coefficient (Wildman–Crippen LogP) is 3.43. The summed E-state index contributed by atoms with van der Waals surface area (Å²) < 4.78 is 1.02. The topological polar surface area (TPSA) is 28.1 Å². The van der Waals surface area contributed by atoms with Gasteiger partial charge in [0.1, 0.15) is 5.02 Å². The van der Waals surface area contributed by atoms with Crippen molar-refractivity contribution in [1.82, 2.24) is 0 Å². The SMILES string of the molecule is N#[N+]c1ccc(I)cc1Cl. The highest BCUT2D eigenvalue weighted by Crippen LogP contribution is 2.25. The van der Waals surface area contributed by atoms with Crippen LogP contribution in [0, 0.1) is 8.96 Å². The number of diazo groups is 1. The molecule has 0 radical (unpaired) electrons. The number of halogens is 2. The highest BCUT2D eigenvalue weighted by Gasteiger charge is 2.09. The maximum atomic E-state index is 8.35. The average molecular weight is 265 g/mol.